The lowest BCUT2D eigenvalue weighted by atomic mass is 9.96. The van der Waals surface area contributed by atoms with Crippen LogP contribution in [-0.4, -0.2) is 75.5 Å². The number of nitrogens with one attached hydrogen (secondary N) is 1. The van der Waals surface area contributed by atoms with Gasteiger partial charge in [-0.15, -0.1) is 0 Å². The van der Waals surface area contributed by atoms with Crippen LogP contribution in [0.3, 0.4) is 0 Å². The van der Waals surface area contributed by atoms with Gasteiger partial charge < -0.3 is 29.0 Å². The van der Waals surface area contributed by atoms with E-state index in [0.717, 1.165) is 0 Å². The smallest absolute Gasteiger partial charge is 0.303 e. The summed E-state index contributed by atoms with van der Waals surface area (Å²) in [5.74, 6) is -2.08. The molecule has 1 heterocycles. The zero-order valence-electron chi connectivity index (χ0n) is 15.5. The Kier molecular flexibility index (Phi) is 8.89. The first-order valence-corrected chi connectivity index (χ1v) is 8.17. The molecule has 0 spiro atoms. The molecule has 0 aromatic carbocycles. The highest BCUT2D eigenvalue weighted by atomic mass is 19.1. The molecule has 1 rings (SSSR count). The van der Waals surface area contributed by atoms with Gasteiger partial charge in [-0.1, -0.05) is 0 Å². The topological polar surface area (TPSA) is 109 Å². The normalized spacial score (nSPS) is 29.5. The summed E-state index contributed by atoms with van der Waals surface area (Å²) in [5.41, 5.74) is 0. The van der Waals surface area contributed by atoms with Gasteiger partial charge in [0, 0.05) is 34.5 Å². The molecule has 0 aromatic rings. The van der Waals surface area contributed by atoms with Crippen molar-refractivity contribution in [2.24, 2.45) is 0 Å². The lowest BCUT2D eigenvalue weighted by Gasteiger charge is -2.44. The number of hydrogen-bond donors (Lipinski definition) is 1. The van der Waals surface area contributed by atoms with E-state index >= 15 is 0 Å². The quantitative estimate of drug-likeness (QED) is 0.592. The third kappa shape index (κ3) is 6.19. The minimum Gasteiger partial charge on any atom is -0.466 e. The van der Waals surface area contributed by atoms with E-state index in [-0.39, 0.29) is 13.0 Å². The van der Waals surface area contributed by atoms with E-state index in [9.17, 15) is 18.8 Å². The number of alkyl halides is 1. The zero-order valence-corrected chi connectivity index (χ0v) is 15.5. The van der Waals surface area contributed by atoms with E-state index in [1.165, 1.54) is 28.1 Å². The van der Waals surface area contributed by atoms with Crippen LogP contribution in [0.4, 0.5) is 4.39 Å². The van der Waals surface area contributed by atoms with Crippen LogP contribution >= 0.6 is 0 Å². The van der Waals surface area contributed by atoms with Crippen molar-refractivity contribution in [2.75, 3.05) is 20.8 Å². The molecule has 9 nitrogen and oxygen atoms in total. The van der Waals surface area contributed by atoms with Gasteiger partial charge in [-0.25, -0.2) is 4.39 Å². The Balaban J connectivity index is 2.83. The minimum atomic E-state index is -1.90. The summed E-state index contributed by atoms with van der Waals surface area (Å²) >= 11 is 0. The average Bonchev–Trinajstić information content (AvgIpc) is 2.56. The molecule has 1 saturated heterocycles. The standard InChI is InChI=1S/C16H26FNO8/c1-8-12(18-15(21)11(17)6-7-24-9(2)19)13(26-10(3)20)14(22-4)16(23-5)25-8/h8,11-14,16H,6-7H2,1-5H3,(H,18,21)/t8-,11+,12-,13+,14+,16+/m1/s1. The zero-order chi connectivity index (χ0) is 19.9. The first-order valence-electron chi connectivity index (χ1n) is 8.17. The van der Waals surface area contributed by atoms with E-state index in [2.05, 4.69) is 10.1 Å². The number of carbonyl (C=O) groups excluding carboxylic acids is 3. The van der Waals surface area contributed by atoms with Gasteiger partial charge in [-0.3, -0.25) is 14.4 Å². The van der Waals surface area contributed by atoms with Crippen LogP contribution in [0.5, 0.6) is 0 Å². The SMILES string of the molecule is CO[C@H]1O[C@H](C)[C@@H](NC(=O)[C@@H](F)CCOC(C)=O)[C@H](OC(C)=O)[C@@H]1OC. The fourth-order valence-electron chi connectivity index (χ4n) is 2.66. The summed E-state index contributed by atoms with van der Waals surface area (Å²) in [6.07, 6.45) is -5.40. The summed E-state index contributed by atoms with van der Waals surface area (Å²) in [4.78, 5) is 34.3. The van der Waals surface area contributed by atoms with E-state index in [1.807, 2.05) is 0 Å². The molecule has 1 aliphatic rings. The maximum absolute atomic E-state index is 14.0. The molecule has 0 bridgehead atoms. The molecule has 0 saturated carbocycles. The summed E-state index contributed by atoms with van der Waals surface area (Å²) < 4.78 is 40.0. The minimum absolute atomic E-state index is 0.222. The van der Waals surface area contributed by atoms with Crippen LogP contribution in [0.1, 0.15) is 27.2 Å². The maximum Gasteiger partial charge on any atom is 0.303 e. The molecule has 0 aromatic heterocycles. The van der Waals surface area contributed by atoms with Gasteiger partial charge in [0.25, 0.3) is 5.91 Å². The molecule has 150 valence electrons. The number of ether oxygens (including phenoxy) is 5. The van der Waals surface area contributed by atoms with E-state index < -0.39 is 54.7 Å². The number of halogens is 1. The van der Waals surface area contributed by atoms with Crippen LogP contribution in [-0.2, 0) is 38.1 Å². The lowest BCUT2D eigenvalue weighted by molar-refractivity contribution is -0.272. The first-order chi connectivity index (χ1) is 12.2. The number of methoxy groups -OCH3 is 2. The predicted molar refractivity (Wildman–Crippen MR) is 85.8 cm³/mol. The van der Waals surface area contributed by atoms with Gasteiger partial charge in [-0.2, -0.15) is 0 Å². The Morgan fingerprint density at radius 1 is 1.12 bits per heavy atom. The van der Waals surface area contributed by atoms with Crippen molar-refractivity contribution < 1.29 is 42.5 Å². The van der Waals surface area contributed by atoms with E-state index in [1.54, 1.807) is 6.92 Å². The molecule has 0 aliphatic carbocycles. The fourth-order valence-corrected chi connectivity index (χ4v) is 2.66. The third-order valence-electron chi connectivity index (χ3n) is 3.88. The third-order valence-corrected chi connectivity index (χ3v) is 3.88. The van der Waals surface area contributed by atoms with Crippen molar-refractivity contribution in [3.8, 4) is 0 Å². The number of hydrogen-bond acceptors (Lipinski definition) is 8. The van der Waals surface area contributed by atoms with Gasteiger partial charge in [0.05, 0.1) is 18.8 Å². The number of rotatable bonds is 8. The Hall–Kier alpha value is -1.78. The number of carbonyl (C=O) groups is 3. The summed E-state index contributed by atoms with van der Waals surface area (Å²) in [5, 5.41) is 2.48. The molecule has 1 fully saturated rings. The van der Waals surface area contributed by atoms with E-state index in [4.69, 9.17) is 18.9 Å². The highest BCUT2D eigenvalue weighted by Gasteiger charge is 2.48. The summed E-state index contributed by atoms with van der Waals surface area (Å²) in [6, 6.07) is -0.852. The molecule has 1 aliphatic heterocycles. The molecular weight excluding hydrogens is 353 g/mol. The molecular formula is C16H26FNO8. The molecule has 0 unspecified atom stereocenters. The second kappa shape index (κ2) is 10.4. The lowest BCUT2D eigenvalue weighted by Crippen LogP contribution is -2.65. The fraction of sp³-hybridized carbons (Fsp3) is 0.812. The Morgan fingerprint density at radius 3 is 2.27 bits per heavy atom. The molecule has 0 radical (unpaired) electrons. The maximum atomic E-state index is 14.0. The van der Waals surface area contributed by atoms with Crippen molar-refractivity contribution in [3.63, 3.8) is 0 Å². The van der Waals surface area contributed by atoms with Crippen molar-refractivity contribution in [1.29, 1.82) is 0 Å². The Labute approximate surface area is 151 Å². The first kappa shape index (κ1) is 22.3. The largest absolute Gasteiger partial charge is 0.466 e. The van der Waals surface area contributed by atoms with Gasteiger partial charge >= 0.3 is 11.9 Å². The van der Waals surface area contributed by atoms with Gasteiger partial charge in [0.15, 0.2) is 18.6 Å². The molecule has 26 heavy (non-hydrogen) atoms. The Bertz CT molecular complexity index is 503. The molecule has 1 N–H and O–H groups in total. The van der Waals surface area contributed by atoms with Crippen LogP contribution in [0.15, 0.2) is 0 Å². The highest BCUT2D eigenvalue weighted by Crippen LogP contribution is 2.26. The second-order valence-electron chi connectivity index (χ2n) is 5.85. The highest BCUT2D eigenvalue weighted by molar-refractivity contribution is 5.81. The van der Waals surface area contributed by atoms with Crippen molar-refractivity contribution in [1.82, 2.24) is 5.32 Å². The summed E-state index contributed by atoms with van der Waals surface area (Å²) in [7, 11) is 2.78. The van der Waals surface area contributed by atoms with Crippen LogP contribution in [0.25, 0.3) is 0 Å². The molecule has 1 amide bonds. The van der Waals surface area contributed by atoms with Crippen LogP contribution in [0.2, 0.25) is 0 Å². The number of amides is 1. The van der Waals surface area contributed by atoms with Gasteiger partial charge in [0.2, 0.25) is 0 Å². The van der Waals surface area contributed by atoms with Gasteiger partial charge in [-0.05, 0) is 6.92 Å². The number of esters is 2. The van der Waals surface area contributed by atoms with Gasteiger partial charge in [0.1, 0.15) is 6.10 Å². The van der Waals surface area contributed by atoms with Crippen LogP contribution < -0.4 is 5.32 Å². The van der Waals surface area contributed by atoms with Crippen LogP contribution in [0, 0.1) is 0 Å². The molecule has 10 heteroatoms. The second-order valence-corrected chi connectivity index (χ2v) is 5.85. The Morgan fingerprint density at radius 2 is 1.77 bits per heavy atom. The predicted octanol–water partition coefficient (Wildman–Crippen LogP) is 0.100. The monoisotopic (exact) mass is 379 g/mol. The van der Waals surface area contributed by atoms with Crippen molar-refractivity contribution in [3.05, 3.63) is 0 Å². The van der Waals surface area contributed by atoms with Crippen molar-refractivity contribution >= 4 is 17.8 Å². The summed E-state index contributed by atoms with van der Waals surface area (Å²) in [6.45, 7) is 3.81. The average molecular weight is 379 g/mol. The van der Waals surface area contributed by atoms with Crippen molar-refractivity contribution in [2.45, 2.75) is 64.0 Å². The van der Waals surface area contributed by atoms with E-state index in [0.29, 0.717) is 0 Å². The molecule has 6 atom stereocenters.